The first kappa shape index (κ1) is 18.1. The van der Waals surface area contributed by atoms with Gasteiger partial charge >= 0.3 is 5.69 Å². The molecule has 1 aliphatic rings. The second-order valence-electron chi connectivity index (χ2n) is 8.36. The Bertz CT molecular complexity index is 1500. The van der Waals surface area contributed by atoms with Gasteiger partial charge in [-0.1, -0.05) is 54.6 Å². The van der Waals surface area contributed by atoms with Gasteiger partial charge in [0.05, 0.1) is 5.69 Å². The molecule has 0 saturated carbocycles. The van der Waals surface area contributed by atoms with Gasteiger partial charge in [0.1, 0.15) is 0 Å². The van der Waals surface area contributed by atoms with Crippen LogP contribution in [0.3, 0.4) is 0 Å². The van der Waals surface area contributed by atoms with Crippen molar-refractivity contribution in [3.63, 3.8) is 0 Å². The Morgan fingerprint density at radius 2 is 1.74 bits per heavy atom. The summed E-state index contributed by atoms with van der Waals surface area (Å²) in [5.41, 5.74) is 5.20. The Morgan fingerprint density at radius 3 is 2.61 bits per heavy atom. The van der Waals surface area contributed by atoms with Crippen LogP contribution >= 0.6 is 0 Å². The molecule has 0 radical (unpaired) electrons. The minimum Gasteiger partial charge on any atom is -0.301 e. The van der Waals surface area contributed by atoms with Gasteiger partial charge in [0, 0.05) is 25.2 Å². The van der Waals surface area contributed by atoms with E-state index in [9.17, 15) is 4.79 Å². The first-order valence-electron chi connectivity index (χ1n) is 10.5. The van der Waals surface area contributed by atoms with Crippen molar-refractivity contribution in [3.8, 4) is 5.69 Å². The van der Waals surface area contributed by atoms with Gasteiger partial charge in [-0.3, -0.25) is 0 Å². The molecule has 152 valence electrons. The van der Waals surface area contributed by atoms with Crippen molar-refractivity contribution < 1.29 is 0 Å². The average molecular weight is 406 g/mol. The summed E-state index contributed by atoms with van der Waals surface area (Å²) in [6.45, 7) is 1.83. The molecule has 1 atom stereocenters. The van der Waals surface area contributed by atoms with Crippen LogP contribution in [0, 0.1) is 0 Å². The van der Waals surface area contributed by atoms with Crippen LogP contribution < -0.4 is 5.69 Å². The first-order chi connectivity index (χ1) is 15.2. The molecular weight excluding hydrogens is 384 g/mol. The Hall–Kier alpha value is -3.70. The Balaban J connectivity index is 1.46. The Labute approximate surface area is 179 Å². The van der Waals surface area contributed by atoms with E-state index in [-0.39, 0.29) is 5.69 Å². The van der Waals surface area contributed by atoms with E-state index in [2.05, 4.69) is 71.6 Å². The lowest BCUT2D eigenvalue weighted by Gasteiger charge is -2.33. The van der Waals surface area contributed by atoms with Crippen molar-refractivity contribution in [1.29, 1.82) is 0 Å². The average Bonchev–Trinajstić information content (AvgIpc) is 3.14. The maximum absolute atomic E-state index is 12.8. The van der Waals surface area contributed by atoms with Crippen molar-refractivity contribution in [3.05, 3.63) is 112 Å². The summed E-state index contributed by atoms with van der Waals surface area (Å²) in [6.07, 6.45) is 1.75. The summed E-state index contributed by atoms with van der Waals surface area (Å²) < 4.78 is 3.07. The van der Waals surface area contributed by atoms with Crippen LogP contribution in [-0.2, 0) is 6.54 Å². The van der Waals surface area contributed by atoms with Crippen molar-refractivity contribution >= 4 is 16.4 Å². The second kappa shape index (κ2) is 6.93. The number of likely N-dealkylation sites (N-methyl/N-ethyl adjacent to an activating group) is 1. The SMILES string of the molecule is CN1Cc2cc(-n3nc4ccccn4c3=O)ccc2C(c2ccc3ccccc3c2)C1. The van der Waals surface area contributed by atoms with Gasteiger partial charge in [0.25, 0.3) is 0 Å². The molecule has 5 aromatic rings. The van der Waals surface area contributed by atoms with Crippen LogP contribution in [0.5, 0.6) is 0 Å². The molecule has 3 heterocycles. The van der Waals surface area contributed by atoms with Crippen LogP contribution in [0.15, 0.2) is 89.9 Å². The van der Waals surface area contributed by atoms with Crippen molar-refractivity contribution in [2.24, 2.45) is 0 Å². The summed E-state index contributed by atoms with van der Waals surface area (Å²) in [6, 6.07) is 27.2. The highest BCUT2D eigenvalue weighted by molar-refractivity contribution is 5.83. The highest BCUT2D eigenvalue weighted by Gasteiger charge is 2.25. The number of benzene rings is 3. The fourth-order valence-electron chi connectivity index (χ4n) is 4.77. The quantitative estimate of drug-likeness (QED) is 0.441. The van der Waals surface area contributed by atoms with Crippen LogP contribution in [0.4, 0.5) is 0 Å². The minimum atomic E-state index is -0.147. The molecule has 0 fully saturated rings. The third kappa shape index (κ3) is 2.97. The topological polar surface area (TPSA) is 42.5 Å². The second-order valence-corrected chi connectivity index (χ2v) is 8.36. The molecular formula is C26H22N4O. The van der Waals surface area contributed by atoms with Gasteiger partial charge in [-0.2, -0.15) is 4.68 Å². The Kier molecular flexibility index (Phi) is 4.04. The molecule has 6 rings (SSSR count). The molecule has 0 spiro atoms. The van der Waals surface area contributed by atoms with Crippen molar-refractivity contribution in [2.45, 2.75) is 12.5 Å². The van der Waals surface area contributed by atoms with Gasteiger partial charge < -0.3 is 4.90 Å². The molecule has 5 heteroatoms. The molecule has 0 bridgehead atoms. The Morgan fingerprint density at radius 1 is 0.903 bits per heavy atom. The molecule has 0 N–H and O–H groups in total. The number of aromatic nitrogens is 3. The fraction of sp³-hybridized carbons (Fsp3) is 0.154. The molecule has 31 heavy (non-hydrogen) atoms. The summed E-state index contributed by atoms with van der Waals surface area (Å²) in [5, 5.41) is 7.04. The predicted molar refractivity (Wildman–Crippen MR) is 123 cm³/mol. The van der Waals surface area contributed by atoms with Crippen LogP contribution in [0.25, 0.3) is 22.1 Å². The minimum absolute atomic E-state index is 0.147. The van der Waals surface area contributed by atoms with E-state index in [0.29, 0.717) is 11.6 Å². The maximum atomic E-state index is 12.8. The van der Waals surface area contributed by atoms with E-state index in [1.165, 1.54) is 32.1 Å². The largest absolute Gasteiger partial charge is 0.355 e. The number of pyridine rings is 1. The molecule has 0 amide bonds. The van der Waals surface area contributed by atoms with Crippen molar-refractivity contribution in [2.75, 3.05) is 13.6 Å². The lowest BCUT2D eigenvalue weighted by Crippen LogP contribution is -2.31. The van der Waals surface area contributed by atoms with E-state index in [1.54, 1.807) is 10.6 Å². The van der Waals surface area contributed by atoms with Crippen LogP contribution in [-0.4, -0.2) is 32.7 Å². The van der Waals surface area contributed by atoms with E-state index in [4.69, 9.17) is 0 Å². The molecule has 1 aliphatic heterocycles. The molecule has 5 nitrogen and oxygen atoms in total. The smallest absolute Gasteiger partial charge is 0.301 e. The lowest BCUT2D eigenvalue weighted by molar-refractivity contribution is 0.295. The van der Waals surface area contributed by atoms with Gasteiger partial charge in [-0.15, -0.1) is 5.10 Å². The number of rotatable bonds is 2. The van der Waals surface area contributed by atoms with Crippen LogP contribution in [0.1, 0.15) is 22.6 Å². The monoisotopic (exact) mass is 406 g/mol. The van der Waals surface area contributed by atoms with Gasteiger partial charge in [-0.25, -0.2) is 9.20 Å². The summed E-state index contributed by atoms with van der Waals surface area (Å²) in [4.78, 5) is 15.2. The number of nitrogens with zero attached hydrogens (tertiary/aromatic N) is 4. The summed E-state index contributed by atoms with van der Waals surface area (Å²) >= 11 is 0. The zero-order valence-corrected chi connectivity index (χ0v) is 17.3. The third-order valence-electron chi connectivity index (χ3n) is 6.29. The van der Waals surface area contributed by atoms with Gasteiger partial charge in [0.2, 0.25) is 0 Å². The van der Waals surface area contributed by atoms with Gasteiger partial charge in [-0.05, 0) is 58.8 Å². The highest BCUT2D eigenvalue weighted by atomic mass is 16.2. The number of hydrogen-bond acceptors (Lipinski definition) is 3. The molecule has 0 aliphatic carbocycles. The lowest BCUT2D eigenvalue weighted by atomic mass is 9.84. The standard InChI is InChI=1S/C26H22N4O/c1-28-16-21-15-22(30-26(31)29-13-5-4-8-25(29)27-30)11-12-23(21)24(17-28)20-10-9-18-6-2-3-7-19(18)14-20/h2-15,24H,16-17H2,1H3. The summed E-state index contributed by atoms with van der Waals surface area (Å²) in [7, 11) is 2.15. The predicted octanol–water partition coefficient (Wildman–Crippen LogP) is 4.22. The molecule has 1 unspecified atom stereocenters. The summed E-state index contributed by atoms with van der Waals surface area (Å²) in [5.74, 6) is 0.296. The number of hydrogen-bond donors (Lipinski definition) is 0. The van der Waals surface area contributed by atoms with E-state index >= 15 is 0 Å². The molecule has 3 aromatic carbocycles. The van der Waals surface area contributed by atoms with Crippen LogP contribution in [0.2, 0.25) is 0 Å². The van der Waals surface area contributed by atoms with E-state index in [1.807, 2.05) is 24.3 Å². The van der Waals surface area contributed by atoms with E-state index in [0.717, 1.165) is 18.8 Å². The van der Waals surface area contributed by atoms with Crippen molar-refractivity contribution in [1.82, 2.24) is 19.1 Å². The first-order valence-corrected chi connectivity index (χ1v) is 10.5. The number of fused-ring (bicyclic) bond motifs is 3. The molecule has 0 saturated heterocycles. The van der Waals surface area contributed by atoms with E-state index < -0.39 is 0 Å². The third-order valence-corrected chi connectivity index (χ3v) is 6.29. The zero-order valence-electron chi connectivity index (χ0n) is 17.3. The normalized spacial score (nSPS) is 16.6. The molecule has 2 aromatic heterocycles. The fourth-order valence-corrected chi connectivity index (χ4v) is 4.77. The maximum Gasteiger partial charge on any atom is 0.355 e. The zero-order chi connectivity index (χ0) is 20.9. The van der Waals surface area contributed by atoms with Gasteiger partial charge in [0.15, 0.2) is 5.65 Å². The highest BCUT2D eigenvalue weighted by Crippen LogP contribution is 2.35.